The molecule has 0 fully saturated rings. The maximum absolute atomic E-state index is 12.7. The van der Waals surface area contributed by atoms with Crippen LogP contribution in [0.3, 0.4) is 0 Å². The Labute approximate surface area is 148 Å². The summed E-state index contributed by atoms with van der Waals surface area (Å²) in [5.41, 5.74) is -0.457. The summed E-state index contributed by atoms with van der Waals surface area (Å²) in [6, 6.07) is -1.71. The number of carbonyl (C=O) groups excluding carboxylic acids is 3. The number of carbonyl (C=O) groups is 3. The zero-order chi connectivity index (χ0) is 19.2. The molecule has 1 aliphatic heterocycles. The topological polar surface area (TPSA) is 82.1 Å². The monoisotopic (exact) mass is 353 g/mol. The van der Waals surface area contributed by atoms with Gasteiger partial charge >= 0.3 is 18.0 Å². The van der Waals surface area contributed by atoms with Gasteiger partial charge in [-0.3, -0.25) is 4.90 Å². The van der Waals surface area contributed by atoms with Crippen LogP contribution in [0.25, 0.3) is 0 Å². The van der Waals surface area contributed by atoms with Gasteiger partial charge in [-0.1, -0.05) is 25.2 Å². The predicted molar refractivity (Wildman–Crippen MR) is 91.8 cm³/mol. The third kappa shape index (κ3) is 5.34. The third-order valence-electron chi connectivity index (χ3n) is 3.38. The largest absolute Gasteiger partial charge is 0.467 e. The van der Waals surface area contributed by atoms with Crippen molar-refractivity contribution in [2.75, 3.05) is 13.7 Å². The first kappa shape index (κ1) is 20.7. The van der Waals surface area contributed by atoms with Crippen LogP contribution >= 0.6 is 0 Å². The second kappa shape index (κ2) is 8.69. The van der Waals surface area contributed by atoms with E-state index in [0.717, 1.165) is 0 Å². The molecule has 7 nitrogen and oxygen atoms in total. The maximum Gasteiger partial charge on any atom is 0.412 e. The Bertz CT molecular complexity index is 573. The minimum absolute atomic E-state index is 0.211. The summed E-state index contributed by atoms with van der Waals surface area (Å²) in [4.78, 5) is 38.2. The molecule has 0 unspecified atom stereocenters. The Morgan fingerprint density at radius 3 is 2.20 bits per heavy atom. The second-order valence-electron chi connectivity index (χ2n) is 6.47. The SMILES string of the molecule is CC/C=C(/C(=O)OCC)[C@H]1C=C[C@@H](C(=O)OC)N1C(=O)OC(C)(C)C. The second-order valence-corrected chi connectivity index (χ2v) is 6.47. The van der Waals surface area contributed by atoms with E-state index in [-0.39, 0.29) is 12.2 Å². The number of hydrogen-bond donors (Lipinski definition) is 0. The van der Waals surface area contributed by atoms with Crippen molar-refractivity contribution in [2.45, 2.75) is 58.7 Å². The molecule has 1 heterocycles. The number of esters is 2. The van der Waals surface area contributed by atoms with Crippen molar-refractivity contribution in [3.63, 3.8) is 0 Å². The molecular weight excluding hydrogens is 326 g/mol. The van der Waals surface area contributed by atoms with Crippen LogP contribution < -0.4 is 0 Å². The van der Waals surface area contributed by atoms with Gasteiger partial charge in [-0.2, -0.15) is 0 Å². The minimum Gasteiger partial charge on any atom is -0.467 e. The molecule has 0 spiro atoms. The van der Waals surface area contributed by atoms with Crippen LogP contribution in [-0.4, -0.2) is 54.3 Å². The van der Waals surface area contributed by atoms with Crippen LogP contribution in [0.2, 0.25) is 0 Å². The summed E-state index contributed by atoms with van der Waals surface area (Å²) in [6.07, 6.45) is 4.70. The summed E-state index contributed by atoms with van der Waals surface area (Å²) in [6.45, 7) is 8.96. The van der Waals surface area contributed by atoms with E-state index in [4.69, 9.17) is 14.2 Å². The average Bonchev–Trinajstić information content (AvgIpc) is 2.95. The molecule has 0 aromatic heterocycles. The van der Waals surface area contributed by atoms with Gasteiger partial charge in [0.05, 0.1) is 25.3 Å². The standard InChI is InChI=1S/C18H27NO6/c1-7-9-12(15(20)24-8-2)13-10-11-14(16(21)23-6)19(13)17(22)25-18(3,4)5/h9-11,13-14H,7-8H2,1-6H3/b12-9+/t13-,14+/m1/s1. The lowest BCUT2D eigenvalue weighted by atomic mass is 10.1. The average molecular weight is 353 g/mol. The van der Waals surface area contributed by atoms with Crippen molar-refractivity contribution < 1.29 is 28.6 Å². The first-order valence-corrected chi connectivity index (χ1v) is 8.30. The lowest BCUT2D eigenvalue weighted by Gasteiger charge is -2.32. The molecular formula is C18H27NO6. The molecule has 25 heavy (non-hydrogen) atoms. The van der Waals surface area contributed by atoms with Gasteiger partial charge in [-0.25, -0.2) is 14.4 Å². The highest BCUT2D eigenvalue weighted by atomic mass is 16.6. The quantitative estimate of drug-likeness (QED) is 0.327. The predicted octanol–water partition coefficient (Wildman–Crippen LogP) is 2.60. The van der Waals surface area contributed by atoms with Gasteiger partial charge in [0, 0.05) is 0 Å². The number of hydrogen-bond acceptors (Lipinski definition) is 6. The molecule has 2 atom stereocenters. The van der Waals surface area contributed by atoms with Gasteiger partial charge in [-0.05, 0) is 34.1 Å². The summed E-state index contributed by atoms with van der Waals surface area (Å²) >= 11 is 0. The van der Waals surface area contributed by atoms with E-state index in [1.807, 2.05) is 6.92 Å². The van der Waals surface area contributed by atoms with E-state index in [1.165, 1.54) is 18.1 Å². The van der Waals surface area contributed by atoms with Crippen molar-refractivity contribution in [3.8, 4) is 0 Å². The fraction of sp³-hybridized carbons (Fsp3) is 0.611. The van der Waals surface area contributed by atoms with Crippen LogP contribution in [-0.2, 0) is 23.8 Å². The molecule has 0 saturated carbocycles. The van der Waals surface area contributed by atoms with Crippen molar-refractivity contribution in [1.29, 1.82) is 0 Å². The zero-order valence-electron chi connectivity index (χ0n) is 15.7. The van der Waals surface area contributed by atoms with Crippen LogP contribution in [0.4, 0.5) is 4.79 Å². The Hall–Kier alpha value is -2.31. The summed E-state index contributed by atoms with van der Waals surface area (Å²) in [5.74, 6) is -1.14. The number of methoxy groups -OCH3 is 1. The summed E-state index contributed by atoms with van der Waals surface area (Å²) in [7, 11) is 1.24. The lowest BCUT2D eigenvalue weighted by molar-refractivity contribution is -0.145. The molecule has 0 bridgehead atoms. The lowest BCUT2D eigenvalue weighted by Crippen LogP contribution is -2.49. The van der Waals surface area contributed by atoms with Gasteiger partial charge < -0.3 is 14.2 Å². The Kier molecular flexibility index (Phi) is 7.21. The van der Waals surface area contributed by atoms with E-state index < -0.39 is 35.7 Å². The van der Waals surface area contributed by atoms with E-state index in [2.05, 4.69) is 0 Å². The van der Waals surface area contributed by atoms with Crippen molar-refractivity contribution >= 4 is 18.0 Å². The molecule has 0 aromatic carbocycles. The van der Waals surface area contributed by atoms with Crippen molar-refractivity contribution in [1.82, 2.24) is 4.90 Å². The van der Waals surface area contributed by atoms with E-state index in [9.17, 15) is 14.4 Å². The van der Waals surface area contributed by atoms with Gasteiger partial charge in [0.15, 0.2) is 6.04 Å². The highest BCUT2D eigenvalue weighted by Crippen LogP contribution is 2.27. The van der Waals surface area contributed by atoms with Crippen LogP contribution in [0.5, 0.6) is 0 Å². The molecule has 0 saturated heterocycles. The highest BCUT2D eigenvalue weighted by Gasteiger charge is 2.43. The molecule has 7 heteroatoms. The number of ether oxygens (including phenoxy) is 3. The van der Waals surface area contributed by atoms with Gasteiger partial charge in [-0.15, -0.1) is 0 Å². The Morgan fingerprint density at radius 1 is 1.12 bits per heavy atom. The fourth-order valence-corrected chi connectivity index (χ4v) is 2.44. The first-order chi connectivity index (χ1) is 11.7. The van der Waals surface area contributed by atoms with Crippen molar-refractivity contribution in [3.05, 3.63) is 23.8 Å². The van der Waals surface area contributed by atoms with Crippen LogP contribution in [0.1, 0.15) is 41.0 Å². The molecule has 140 valence electrons. The first-order valence-electron chi connectivity index (χ1n) is 8.30. The molecule has 1 amide bonds. The number of amides is 1. The third-order valence-corrected chi connectivity index (χ3v) is 3.38. The maximum atomic E-state index is 12.7. The van der Waals surface area contributed by atoms with Crippen molar-refractivity contribution in [2.24, 2.45) is 0 Å². The molecule has 0 N–H and O–H groups in total. The smallest absolute Gasteiger partial charge is 0.412 e. The number of allylic oxidation sites excluding steroid dienone is 1. The number of rotatable bonds is 5. The molecule has 0 aliphatic carbocycles. The summed E-state index contributed by atoms with van der Waals surface area (Å²) in [5, 5.41) is 0. The normalized spacial score (nSPS) is 20.4. The van der Waals surface area contributed by atoms with Gasteiger partial charge in [0.1, 0.15) is 5.60 Å². The minimum atomic E-state index is -0.959. The zero-order valence-corrected chi connectivity index (χ0v) is 15.7. The van der Waals surface area contributed by atoms with E-state index >= 15 is 0 Å². The molecule has 0 radical (unpaired) electrons. The Morgan fingerprint density at radius 2 is 1.72 bits per heavy atom. The highest BCUT2D eigenvalue weighted by molar-refractivity contribution is 5.93. The molecule has 0 aromatic rings. The van der Waals surface area contributed by atoms with Gasteiger partial charge in [0.2, 0.25) is 0 Å². The molecule has 1 aliphatic rings. The summed E-state index contributed by atoms with van der Waals surface area (Å²) < 4.78 is 15.3. The van der Waals surface area contributed by atoms with Gasteiger partial charge in [0.25, 0.3) is 0 Å². The van der Waals surface area contributed by atoms with Crippen LogP contribution in [0.15, 0.2) is 23.8 Å². The fourth-order valence-electron chi connectivity index (χ4n) is 2.44. The van der Waals surface area contributed by atoms with Crippen LogP contribution in [0, 0.1) is 0 Å². The van der Waals surface area contributed by atoms with E-state index in [1.54, 1.807) is 39.8 Å². The molecule has 1 rings (SSSR count). The Balaban J connectivity index is 3.24. The number of nitrogens with zero attached hydrogens (tertiary/aromatic N) is 1. The van der Waals surface area contributed by atoms with E-state index in [0.29, 0.717) is 6.42 Å².